The summed E-state index contributed by atoms with van der Waals surface area (Å²) in [6.07, 6.45) is 0. The van der Waals surface area contributed by atoms with Gasteiger partial charge in [-0.05, 0) is 29.8 Å². The highest BCUT2D eigenvalue weighted by atomic mass is 35.5. The maximum absolute atomic E-state index is 11.8. The van der Waals surface area contributed by atoms with Gasteiger partial charge in [0.05, 0.1) is 15.7 Å². The first-order valence-electron chi connectivity index (χ1n) is 6.26. The SMILES string of the molecule is NCc1cccc(OCC(=O)Nc2cccc(Cl)c2Cl)c1. The molecule has 1 amide bonds. The van der Waals surface area contributed by atoms with E-state index in [1.807, 2.05) is 12.1 Å². The van der Waals surface area contributed by atoms with Crippen LogP contribution in [-0.4, -0.2) is 12.5 Å². The number of rotatable bonds is 5. The van der Waals surface area contributed by atoms with Gasteiger partial charge in [-0.1, -0.05) is 41.4 Å². The highest BCUT2D eigenvalue weighted by Crippen LogP contribution is 2.29. The third-order valence-corrected chi connectivity index (χ3v) is 3.55. The van der Waals surface area contributed by atoms with Gasteiger partial charge in [-0.25, -0.2) is 0 Å². The minimum Gasteiger partial charge on any atom is -0.484 e. The van der Waals surface area contributed by atoms with Crippen LogP contribution in [0.5, 0.6) is 5.75 Å². The van der Waals surface area contributed by atoms with Crippen LogP contribution in [0, 0.1) is 0 Å². The second kappa shape index (κ2) is 7.31. The molecule has 0 fully saturated rings. The van der Waals surface area contributed by atoms with Crippen LogP contribution in [0.2, 0.25) is 10.0 Å². The number of benzene rings is 2. The Kier molecular flexibility index (Phi) is 5.44. The van der Waals surface area contributed by atoms with Gasteiger partial charge in [0.15, 0.2) is 6.61 Å². The van der Waals surface area contributed by atoms with E-state index in [1.165, 1.54) is 0 Å². The molecule has 21 heavy (non-hydrogen) atoms. The predicted octanol–water partition coefficient (Wildman–Crippen LogP) is 3.47. The molecule has 0 bridgehead atoms. The predicted molar refractivity (Wildman–Crippen MR) is 84.9 cm³/mol. The Morgan fingerprint density at radius 2 is 1.95 bits per heavy atom. The van der Waals surface area contributed by atoms with Crippen molar-refractivity contribution in [1.82, 2.24) is 0 Å². The maximum Gasteiger partial charge on any atom is 0.262 e. The van der Waals surface area contributed by atoms with Gasteiger partial charge in [-0.2, -0.15) is 0 Å². The topological polar surface area (TPSA) is 64.3 Å². The van der Waals surface area contributed by atoms with Crippen molar-refractivity contribution >= 4 is 34.8 Å². The second-order valence-electron chi connectivity index (χ2n) is 4.29. The van der Waals surface area contributed by atoms with Crippen LogP contribution in [0.3, 0.4) is 0 Å². The first-order chi connectivity index (χ1) is 10.1. The van der Waals surface area contributed by atoms with E-state index in [4.69, 9.17) is 33.7 Å². The van der Waals surface area contributed by atoms with Crippen molar-refractivity contribution in [2.24, 2.45) is 5.73 Å². The number of ether oxygens (including phenoxy) is 1. The zero-order valence-electron chi connectivity index (χ0n) is 11.1. The van der Waals surface area contributed by atoms with Crippen molar-refractivity contribution in [3.63, 3.8) is 0 Å². The lowest BCUT2D eigenvalue weighted by atomic mass is 10.2. The van der Waals surface area contributed by atoms with E-state index in [0.717, 1.165) is 5.56 Å². The first-order valence-corrected chi connectivity index (χ1v) is 7.01. The Morgan fingerprint density at radius 1 is 1.19 bits per heavy atom. The van der Waals surface area contributed by atoms with E-state index in [2.05, 4.69) is 5.32 Å². The van der Waals surface area contributed by atoms with Crippen LogP contribution in [-0.2, 0) is 11.3 Å². The maximum atomic E-state index is 11.8. The van der Waals surface area contributed by atoms with Crippen molar-refractivity contribution in [3.8, 4) is 5.75 Å². The average Bonchev–Trinajstić information content (AvgIpc) is 2.50. The van der Waals surface area contributed by atoms with Gasteiger partial charge in [0.1, 0.15) is 5.75 Å². The van der Waals surface area contributed by atoms with Crippen molar-refractivity contribution in [2.75, 3.05) is 11.9 Å². The number of carbonyl (C=O) groups is 1. The average molecular weight is 325 g/mol. The highest BCUT2D eigenvalue weighted by molar-refractivity contribution is 6.43. The Bertz CT molecular complexity index is 647. The molecule has 110 valence electrons. The minimum atomic E-state index is -0.322. The molecule has 4 nitrogen and oxygen atoms in total. The van der Waals surface area contributed by atoms with E-state index in [-0.39, 0.29) is 12.5 Å². The van der Waals surface area contributed by atoms with Gasteiger partial charge in [-0.3, -0.25) is 4.79 Å². The van der Waals surface area contributed by atoms with Crippen LogP contribution >= 0.6 is 23.2 Å². The quantitative estimate of drug-likeness (QED) is 0.885. The highest BCUT2D eigenvalue weighted by Gasteiger charge is 2.09. The van der Waals surface area contributed by atoms with Crippen LogP contribution in [0.1, 0.15) is 5.56 Å². The molecular formula is C15H14Cl2N2O2. The van der Waals surface area contributed by atoms with Gasteiger partial charge >= 0.3 is 0 Å². The number of nitrogens with one attached hydrogen (secondary N) is 1. The monoisotopic (exact) mass is 324 g/mol. The summed E-state index contributed by atoms with van der Waals surface area (Å²) in [6.45, 7) is 0.290. The van der Waals surface area contributed by atoms with Gasteiger partial charge in [-0.15, -0.1) is 0 Å². The lowest BCUT2D eigenvalue weighted by Gasteiger charge is -2.10. The number of carbonyl (C=O) groups excluding carboxylic acids is 1. The zero-order chi connectivity index (χ0) is 15.2. The van der Waals surface area contributed by atoms with Gasteiger partial charge < -0.3 is 15.8 Å². The number of halogens is 2. The van der Waals surface area contributed by atoms with E-state index in [0.29, 0.717) is 28.0 Å². The molecule has 0 aliphatic heterocycles. The van der Waals surface area contributed by atoms with E-state index < -0.39 is 0 Å². The van der Waals surface area contributed by atoms with Gasteiger partial charge in [0.2, 0.25) is 0 Å². The molecule has 2 aromatic carbocycles. The van der Waals surface area contributed by atoms with Crippen LogP contribution in [0.15, 0.2) is 42.5 Å². The Balaban J connectivity index is 1.94. The van der Waals surface area contributed by atoms with Crippen molar-refractivity contribution in [3.05, 3.63) is 58.1 Å². The van der Waals surface area contributed by atoms with E-state index in [1.54, 1.807) is 30.3 Å². The largest absolute Gasteiger partial charge is 0.484 e. The van der Waals surface area contributed by atoms with Gasteiger partial charge in [0.25, 0.3) is 5.91 Å². The van der Waals surface area contributed by atoms with E-state index >= 15 is 0 Å². The molecule has 0 spiro atoms. The number of hydrogen-bond donors (Lipinski definition) is 2. The normalized spacial score (nSPS) is 10.2. The minimum absolute atomic E-state index is 0.128. The molecule has 0 atom stereocenters. The molecular weight excluding hydrogens is 311 g/mol. The summed E-state index contributed by atoms with van der Waals surface area (Å²) < 4.78 is 5.41. The van der Waals surface area contributed by atoms with Crippen LogP contribution in [0.4, 0.5) is 5.69 Å². The molecule has 0 aliphatic rings. The molecule has 0 unspecified atom stereocenters. The summed E-state index contributed by atoms with van der Waals surface area (Å²) in [6, 6.07) is 12.3. The molecule has 3 N–H and O–H groups in total. The lowest BCUT2D eigenvalue weighted by molar-refractivity contribution is -0.118. The fourth-order valence-corrected chi connectivity index (χ4v) is 2.05. The number of nitrogens with two attached hydrogens (primary N) is 1. The molecule has 0 radical (unpaired) electrons. The molecule has 6 heteroatoms. The van der Waals surface area contributed by atoms with Gasteiger partial charge in [0, 0.05) is 6.54 Å². The fraction of sp³-hybridized carbons (Fsp3) is 0.133. The van der Waals surface area contributed by atoms with Crippen molar-refractivity contribution < 1.29 is 9.53 Å². The van der Waals surface area contributed by atoms with Crippen molar-refractivity contribution in [2.45, 2.75) is 6.54 Å². The van der Waals surface area contributed by atoms with Crippen LogP contribution < -0.4 is 15.8 Å². The summed E-state index contributed by atoms with van der Waals surface area (Å²) in [4.78, 5) is 11.8. The summed E-state index contributed by atoms with van der Waals surface area (Å²) in [5.41, 5.74) is 6.93. The number of hydrogen-bond acceptors (Lipinski definition) is 3. The van der Waals surface area contributed by atoms with E-state index in [9.17, 15) is 4.79 Å². The zero-order valence-corrected chi connectivity index (χ0v) is 12.6. The third kappa shape index (κ3) is 4.36. The molecule has 2 rings (SSSR count). The summed E-state index contributed by atoms with van der Waals surface area (Å²) >= 11 is 11.9. The second-order valence-corrected chi connectivity index (χ2v) is 5.07. The summed E-state index contributed by atoms with van der Waals surface area (Å²) in [5.74, 6) is 0.266. The molecule has 0 aromatic heterocycles. The molecule has 0 saturated carbocycles. The molecule has 0 saturated heterocycles. The summed E-state index contributed by atoms with van der Waals surface area (Å²) in [5, 5.41) is 3.33. The standard InChI is InChI=1S/C15H14Cl2N2O2/c16-12-5-2-6-13(15(12)17)19-14(20)9-21-11-4-1-3-10(7-11)8-18/h1-7H,8-9,18H2,(H,19,20). The smallest absolute Gasteiger partial charge is 0.262 e. The Hall–Kier alpha value is -1.75. The summed E-state index contributed by atoms with van der Waals surface area (Å²) in [7, 11) is 0. The first kappa shape index (κ1) is 15.6. The molecule has 2 aromatic rings. The fourth-order valence-electron chi connectivity index (χ4n) is 1.70. The Labute approximate surface area is 132 Å². The number of anilines is 1. The number of amides is 1. The van der Waals surface area contributed by atoms with Crippen LogP contribution in [0.25, 0.3) is 0 Å². The Morgan fingerprint density at radius 3 is 2.71 bits per heavy atom. The molecule has 0 heterocycles. The molecule has 0 aliphatic carbocycles. The van der Waals surface area contributed by atoms with Crippen molar-refractivity contribution in [1.29, 1.82) is 0 Å². The third-order valence-electron chi connectivity index (χ3n) is 2.73. The lowest BCUT2D eigenvalue weighted by Crippen LogP contribution is -2.20.